The number of carbonyl (C=O) groups excluding carboxylic acids is 1. The van der Waals surface area contributed by atoms with Crippen molar-refractivity contribution < 1.29 is 13.2 Å². The van der Waals surface area contributed by atoms with Crippen molar-refractivity contribution in [3.05, 3.63) is 0 Å². The Kier molecular flexibility index (Phi) is 3.25. The Morgan fingerprint density at radius 2 is 2.10 bits per heavy atom. The lowest BCUT2D eigenvalue weighted by atomic mass is 10.4. The molecule has 0 aromatic carbocycles. The molecule has 0 aliphatic carbocycles. The van der Waals surface area contributed by atoms with Crippen LogP contribution in [0.4, 0.5) is 0 Å². The zero-order valence-electron chi connectivity index (χ0n) is 5.86. The molecule has 0 rings (SSSR count). The van der Waals surface area contributed by atoms with E-state index < -0.39 is 15.9 Å². The van der Waals surface area contributed by atoms with Gasteiger partial charge in [-0.2, -0.15) is 0 Å². The van der Waals surface area contributed by atoms with E-state index in [4.69, 9.17) is 0 Å². The number of sulfone groups is 1. The van der Waals surface area contributed by atoms with Gasteiger partial charge in [0.15, 0.2) is 0 Å². The van der Waals surface area contributed by atoms with E-state index in [9.17, 15) is 13.2 Å². The monoisotopic (exact) mass is 163 g/mol. The van der Waals surface area contributed by atoms with E-state index in [0.29, 0.717) is 0 Å². The summed E-state index contributed by atoms with van der Waals surface area (Å²) in [6.45, 7) is 1.55. The van der Waals surface area contributed by atoms with Crippen LogP contribution < -0.4 is 0 Å². The molecule has 1 atom stereocenters. The van der Waals surface area contributed by atoms with E-state index >= 15 is 0 Å². The molecule has 4 nitrogen and oxygen atoms in total. The summed E-state index contributed by atoms with van der Waals surface area (Å²) >= 11 is 0. The molecule has 0 spiro atoms. The van der Waals surface area contributed by atoms with Crippen LogP contribution in [0.2, 0.25) is 0 Å². The highest BCUT2D eigenvalue weighted by Crippen LogP contribution is 1.92. The van der Waals surface area contributed by atoms with Crippen molar-refractivity contribution in [1.82, 2.24) is 0 Å². The van der Waals surface area contributed by atoms with E-state index in [2.05, 4.69) is 4.99 Å². The zero-order valence-corrected chi connectivity index (χ0v) is 6.68. The second kappa shape index (κ2) is 3.49. The zero-order chi connectivity index (χ0) is 8.20. The third-order valence-electron chi connectivity index (χ3n) is 0.817. The molecule has 0 saturated carbocycles. The van der Waals surface area contributed by atoms with Gasteiger partial charge in [0.25, 0.3) is 0 Å². The Hall–Kier alpha value is -0.670. The van der Waals surface area contributed by atoms with Crippen LogP contribution >= 0.6 is 0 Å². The van der Waals surface area contributed by atoms with Crippen molar-refractivity contribution >= 4 is 15.9 Å². The van der Waals surface area contributed by atoms with Crippen LogP contribution in [0.15, 0.2) is 4.99 Å². The van der Waals surface area contributed by atoms with Gasteiger partial charge in [0, 0.05) is 6.26 Å². The van der Waals surface area contributed by atoms with Gasteiger partial charge in [-0.25, -0.2) is 18.2 Å². The molecule has 0 radical (unpaired) electrons. The molecule has 0 aromatic rings. The topological polar surface area (TPSA) is 63.6 Å². The molecule has 0 fully saturated rings. The van der Waals surface area contributed by atoms with Crippen LogP contribution in [-0.4, -0.2) is 32.5 Å². The molecule has 0 aliphatic heterocycles. The Labute approximate surface area is 59.9 Å². The van der Waals surface area contributed by atoms with Gasteiger partial charge in [-0.1, -0.05) is 0 Å². The van der Waals surface area contributed by atoms with Crippen molar-refractivity contribution in [2.24, 2.45) is 4.99 Å². The molecule has 0 N–H and O–H groups in total. The van der Waals surface area contributed by atoms with Gasteiger partial charge >= 0.3 is 0 Å². The fraction of sp³-hybridized carbons (Fsp3) is 0.800. The summed E-state index contributed by atoms with van der Waals surface area (Å²) in [7, 11) is -3.02. The first kappa shape index (κ1) is 9.33. The molecular formula is C5H9NO3S. The normalized spacial score (nSPS) is 13.8. The van der Waals surface area contributed by atoms with E-state index in [1.165, 1.54) is 6.08 Å². The van der Waals surface area contributed by atoms with Gasteiger partial charge in [0.2, 0.25) is 6.08 Å². The fourth-order valence-electron chi connectivity index (χ4n) is 0.565. The second-order valence-corrected chi connectivity index (χ2v) is 4.35. The van der Waals surface area contributed by atoms with Crippen LogP contribution in [0.3, 0.4) is 0 Å². The maximum atomic E-state index is 10.5. The molecule has 0 bridgehead atoms. The van der Waals surface area contributed by atoms with Gasteiger partial charge in [0.1, 0.15) is 9.84 Å². The van der Waals surface area contributed by atoms with Gasteiger partial charge in [0.05, 0.1) is 11.8 Å². The molecule has 0 aromatic heterocycles. The van der Waals surface area contributed by atoms with Gasteiger partial charge in [-0.3, -0.25) is 0 Å². The Morgan fingerprint density at radius 1 is 1.60 bits per heavy atom. The van der Waals surface area contributed by atoms with E-state index in [1.807, 2.05) is 0 Å². The number of aliphatic imine (C=N–C) groups is 1. The lowest BCUT2D eigenvalue weighted by Crippen LogP contribution is -2.14. The van der Waals surface area contributed by atoms with E-state index in [1.54, 1.807) is 6.92 Å². The maximum Gasteiger partial charge on any atom is 0.235 e. The summed E-state index contributed by atoms with van der Waals surface area (Å²) in [6.07, 6.45) is 2.40. The summed E-state index contributed by atoms with van der Waals surface area (Å²) in [6, 6.07) is -0.479. The molecule has 10 heavy (non-hydrogen) atoms. The highest BCUT2D eigenvalue weighted by atomic mass is 32.2. The number of isocyanates is 1. The largest absolute Gasteiger partial charge is 0.235 e. The van der Waals surface area contributed by atoms with Crippen LogP contribution in [0.5, 0.6) is 0 Å². The minimum Gasteiger partial charge on any atom is -0.229 e. The average Bonchev–Trinajstić information content (AvgIpc) is 1.59. The minimum absolute atomic E-state index is 0.0950. The Morgan fingerprint density at radius 3 is 2.40 bits per heavy atom. The summed E-state index contributed by atoms with van der Waals surface area (Å²) in [5, 5.41) is 0. The number of hydrogen-bond donors (Lipinski definition) is 0. The summed E-state index contributed by atoms with van der Waals surface area (Å²) in [5.74, 6) is -0.0950. The Balaban J connectivity index is 4.05. The van der Waals surface area contributed by atoms with Crippen molar-refractivity contribution in [3.8, 4) is 0 Å². The smallest absolute Gasteiger partial charge is 0.229 e. The first-order valence-electron chi connectivity index (χ1n) is 2.70. The molecule has 0 heterocycles. The van der Waals surface area contributed by atoms with Crippen molar-refractivity contribution in [2.75, 3.05) is 12.0 Å². The molecule has 0 aliphatic rings. The van der Waals surface area contributed by atoms with E-state index in [0.717, 1.165) is 6.26 Å². The second-order valence-electron chi connectivity index (χ2n) is 2.16. The quantitative estimate of drug-likeness (QED) is 0.426. The predicted molar refractivity (Wildman–Crippen MR) is 37.3 cm³/mol. The van der Waals surface area contributed by atoms with Gasteiger partial charge < -0.3 is 0 Å². The third kappa shape index (κ3) is 5.47. The van der Waals surface area contributed by atoms with Crippen molar-refractivity contribution in [2.45, 2.75) is 13.0 Å². The molecular weight excluding hydrogens is 154 g/mol. The number of nitrogens with zero attached hydrogens (tertiary/aromatic N) is 1. The molecule has 0 amide bonds. The number of rotatable bonds is 3. The Bertz CT molecular complexity index is 238. The highest BCUT2D eigenvalue weighted by molar-refractivity contribution is 7.90. The average molecular weight is 163 g/mol. The van der Waals surface area contributed by atoms with Crippen LogP contribution in [0.25, 0.3) is 0 Å². The lowest BCUT2D eigenvalue weighted by molar-refractivity contribution is 0.559. The van der Waals surface area contributed by atoms with Gasteiger partial charge in [-0.15, -0.1) is 0 Å². The first-order chi connectivity index (χ1) is 4.45. The summed E-state index contributed by atoms with van der Waals surface area (Å²) in [4.78, 5) is 12.8. The molecule has 0 saturated heterocycles. The van der Waals surface area contributed by atoms with Crippen LogP contribution in [0.1, 0.15) is 6.92 Å². The summed E-state index contributed by atoms with van der Waals surface area (Å²) < 4.78 is 21.1. The van der Waals surface area contributed by atoms with Crippen molar-refractivity contribution in [3.63, 3.8) is 0 Å². The van der Waals surface area contributed by atoms with Crippen LogP contribution in [-0.2, 0) is 14.6 Å². The van der Waals surface area contributed by atoms with E-state index in [-0.39, 0.29) is 5.75 Å². The SMILES string of the molecule is CC(CS(C)(=O)=O)N=C=O. The van der Waals surface area contributed by atoms with Crippen molar-refractivity contribution in [1.29, 1.82) is 0 Å². The first-order valence-corrected chi connectivity index (χ1v) is 4.76. The lowest BCUT2D eigenvalue weighted by Gasteiger charge is -1.98. The number of hydrogen-bond acceptors (Lipinski definition) is 4. The fourth-order valence-corrected chi connectivity index (χ4v) is 1.52. The third-order valence-corrected chi connectivity index (χ3v) is 1.90. The van der Waals surface area contributed by atoms with Gasteiger partial charge in [-0.05, 0) is 6.92 Å². The molecule has 58 valence electrons. The standard InChI is InChI=1S/C5H9NO3S/c1-5(6-4-7)3-10(2,8)9/h5H,3H2,1-2H3. The van der Waals surface area contributed by atoms with Crippen LogP contribution in [0, 0.1) is 0 Å². The minimum atomic E-state index is -3.02. The highest BCUT2D eigenvalue weighted by Gasteiger charge is 2.07. The molecule has 5 heteroatoms. The maximum absolute atomic E-state index is 10.5. The predicted octanol–water partition coefficient (Wildman–Crippen LogP) is -0.245. The summed E-state index contributed by atoms with van der Waals surface area (Å²) in [5.41, 5.74) is 0. The molecule has 1 unspecified atom stereocenters.